The van der Waals surface area contributed by atoms with Gasteiger partial charge in [-0.2, -0.15) is 0 Å². The largest absolute Gasteiger partial charge is 0.426 e. The van der Waals surface area contributed by atoms with Gasteiger partial charge in [0.2, 0.25) is 0 Å². The summed E-state index contributed by atoms with van der Waals surface area (Å²) >= 11 is 1.33. The van der Waals surface area contributed by atoms with Crippen molar-refractivity contribution in [2.45, 2.75) is 19.8 Å². The summed E-state index contributed by atoms with van der Waals surface area (Å²) in [6.07, 6.45) is 0.668. The molecule has 0 N–H and O–H groups in total. The van der Waals surface area contributed by atoms with E-state index in [0.29, 0.717) is 34.0 Å². The van der Waals surface area contributed by atoms with E-state index in [4.69, 9.17) is 9.15 Å². The van der Waals surface area contributed by atoms with Gasteiger partial charge < -0.3 is 9.15 Å². The van der Waals surface area contributed by atoms with Crippen LogP contribution in [0.15, 0.2) is 63.1 Å². The van der Waals surface area contributed by atoms with Crippen molar-refractivity contribution in [3.05, 3.63) is 81.4 Å². The van der Waals surface area contributed by atoms with Gasteiger partial charge in [0.25, 0.3) is 0 Å². The Hall–Kier alpha value is -3.32. The van der Waals surface area contributed by atoms with Crippen LogP contribution >= 0.6 is 11.3 Å². The molecule has 0 saturated carbocycles. The molecule has 29 heavy (non-hydrogen) atoms. The minimum Gasteiger partial charge on any atom is -0.426 e. The number of thiazole rings is 1. The van der Waals surface area contributed by atoms with Crippen molar-refractivity contribution < 1.29 is 18.3 Å². The first kappa shape index (κ1) is 19.0. The van der Waals surface area contributed by atoms with E-state index in [0.717, 1.165) is 10.9 Å². The highest BCUT2D eigenvalue weighted by atomic mass is 32.1. The second kappa shape index (κ2) is 7.97. The fourth-order valence-electron chi connectivity index (χ4n) is 3.02. The zero-order chi connectivity index (χ0) is 20.4. The van der Waals surface area contributed by atoms with Gasteiger partial charge in [-0.25, -0.2) is 14.2 Å². The number of benzene rings is 2. The van der Waals surface area contributed by atoms with Crippen molar-refractivity contribution >= 4 is 28.3 Å². The van der Waals surface area contributed by atoms with Crippen LogP contribution in [0.4, 0.5) is 4.39 Å². The molecule has 0 saturated heterocycles. The highest BCUT2D eigenvalue weighted by molar-refractivity contribution is 7.13. The van der Waals surface area contributed by atoms with Crippen LogP contribution < -0.4 is 10.4 Å². The fraction of sp³-hybridized carbons (Fsp3) is 0.136. The van der Waals surface area contributed by atoms with Crippen LogP contribution in [0.3, 0.4) is 0 Å². The third kappa shape index (κ3) is 4.25. The molecule has 4 rings (SSSR count). The smallest absolute Gasteiger partial charge is 0.336 e. The highest BCUT2D eigenvalue weighted by Gasteiger charge is 2.13. The SMILES string of the molecule is CCc1cc(=O)oc2cc(OC(=O)Cc3csc(-c4cccc(F)c4)n3)ccc12. The molecular formula is C22H16FNO4S. The lowest BCUT2D eigenvalue weighted by molar-refractivity contribution is -0.133. The number of carbonyl (C=O) groups excluding carboxylic acids is 1. The first-order chi connectivity index (χ1) is 14.0. The summed E-state index contributed by atoms with van der Waals surface area (Å²) in [5.74, 6) is -0.540. The number of carbonyl (C=O) groups is 1. The molecule has 0 aliphatic heterocycles. The van der Waals surface area contributed by atoms with Gasteiger partial charge in [0, 0.05) is 28.5 Å². The van der Waals surface area contributed by atoms with Gasteiger partial charge in [-0.1, -0.05) is 19.1 Å². The van der Waals surface area contributed by atoms with Crippen LogP contribution in [0.25, 0.3) is 21.5 Å². The van der Waals surface area contributed by atoms with Gasteiger partial charge >= 0.3 is 11.6 Å². The van der Waals surface area contributed by atoms with E-state index in [1.807, 2.05) is 6.92 Å². The van der Waals surface area contributed by atoms with Crippen molar-refractivity contribution in [2.75, 3.05) is 0 Å². The Morgan fingerprint density at radius 1 is 1.21 bits per heavy atom. The second-order valence-corrected chi connectivity index (χ2v) is 7.27. The molecule has 0 spiro atoms. The van der Waals surface area contributed by atoms with E-state index in [9.17, 15) is 14.0 Å². The maximum atomic E-state index is 13.4. The Balaban J connectivity index is 1.49. The first-order valence-electron chi connectivity index (χ1n) is 8.99. The van der Waals surface area contributed by atoms with Gasteiger partial charge in [-0.3, -0.25) is 4.79 Å². The van der Waals surface area contributed by atoms with Crippen molar-refractivity contribution in [3.63, 3.8) is 0 Å². The van der Waals surface area contributed by atoms with E-state index < -0.39 is 11.6 Å². The van der Waals surface area contributed by atoms with Crippen LogP contribution in [0.5, 0.6) is 5.75 Å². The van der Waals surface area contributed by atoms with Gasteiger partial charge in [0.15, 0.2) is 0 Å². The van der Waals surface area contributed by atoms with Gasteiger partial charge in [-0.05, 0) is 36.2 Å². The molecule has 0 atom stereocenters. The number of hydrogen-bond acceptors (Lipinski definition) is 6. The van der Waals surface area contributed by atoms with Crippen LogP contribution in [-0.2, 0) is 17.6 Å². The van der Waals surface area contributed by atoms with Crippen LogP contribution in [0.1, 0.15) is 18.2 Å². The summed E-state index contributed by atoms with van der Waals surface area (Å²) in [5.41, 5.74) is 2.01. The lowest BCUT2D eigenvalue weighted by Crippen LogP contribution is -2.11. The molecule has 4 aromatic rings. The predicted octanol–water partition coefficient (Wildman–Crippen LogP) is 4.77. The lowest BCUT2D eigenvalue weighted by atomic mass is 10.1. The number of halogens is 1. The summed E-state index contributed by atoms with van der Waals surface area (Å²) in [4.78, 5) is 28.3. The number of hydrogen-bond donors (Lipinski definition) is 0. The molecule has 2 aromatic carbocycles. The average molecular weight is 409 g/mol. The molecule has 0 radical (unpaired) electrons. The quantitative estimate of drug-likeness (QED) is 0.270. The molecule has 0 amide bonds. The Bertz CT molecular complexity index is 1260. The van der Waals surface area contributed by atoms with Crippen molar-refractivity contribution in [2.24, 2.45) is 0 Å². The third-order valence-corrected chi connectivity index (χ3v) is 5.30. The molecule has 2 heterocycles. The van der Waals surface area contributed by atoms with Crippen LogP contribution in [0.2, 0.25) is 0 Å². The normalized spacial score (nSPS) is 11.0. The minimum absolute atomic E-state index is 0.0250. The van der Waals surface area contributed by atoms with Gasteiger partial charge in [-0.15, -0.1) is 11.3 Å². The van der Waals surface area contributed by atoms with Gasteiger partial charge in [0.05, 0.1) is 12.1 Å². The van der Waals surface area contributed by atoms with E-state index in [2.05, 4.69) is 4.98 Å². The molecule has 0 bridgehead atoms. The van der Waals surface area contributed by atoms with E-state index >= 15 is 0 Å². The summed E-state index contributed by atoms with van der Waals surface area (Å²) in [6, 6.07) is 12.6. The molecule has 2 aromatic heterocycles. The Morgan fingerprint density at radius 2 is 2.07 bits per heavy atom. The molecule has 5 nitrogen and oxygen atoms in total. The minimum atomic E-state index is -0.491. The summed E-state index contributed by atoms with van der Waals surface area (Å²) in [7, 11) is 0. The Morgan fingerprint density at radius 3 is 2.86 bits per heavy atom. The lowest BCUT2D eigenvalue weighted by Gasteiger charge is -2.06. The van der Waals surface area contributed by atoms with E-state index in [1.54, 1.807) is 29.6 Å². The van der Waals surface area contributed by atoms with Crippen molar-refractivity contribution in [1.82, 2.24) is 4.98 Å². The molecule has 0 aliphatic rings. The van der Waals surface area contributed by atoms with Crippen LogP contribution in [0, 0.1) is 5.82 Å². The predicted molar refractivity (Wildman–Crippen MR) is 109 cm³/mol. The van der Waals surface area contributed by atoms with E-state index in [1.165, 1.54) is 35.6 Å². The summed E-state index contributed by atoms with van der Waals surface area (Å²) < 4.78 is 24.0. The Kier molecular flexibility index (Phi) is 5.22. The second-order valence-electron chi connectivity index (χ2n) is 6.41. The molecule has 0 unspecified atom stereocenters. The van der Waals surface area contributed by atoms with Crippen molar-refractivity contribution in [1.29, 1.82) is 0 Å². The monoisotopic (exact) mass is 409 g/mol. The zero-order valence-electron chi connectivity index (χ0n) is 15.5. The number of esters is 1. The zero-order valence-corrected chi connectivity index (χ0v) is 16.3. The van der Waals surface area contributed by atoms with Gasteiger partial charge in [0.1, 0.15) is 22.2 Å². The van der Waals surface area contributed by atoms with E-state index in [-0.39, 0.29) is 12.2 Å². The van der Waals surface area contributed by atoms with Crippen LogP contribution in [-0.4, -0.2) is 11.0 Å². The standard InChI is InChI=1S/C22H16FNO4S/c1-2-13-9-20(25)28-19-11-17(6-7-18(13)19)27-21(26)10-16-12-29-22(24-16)14-4-3-5-15(23)8-14/h3-9,11-12H,2,10H2,1H3. The number of aryl methyl sites for hydroxylation is 1. The number of rotatable bonds is 5. The molecule has 7 heteroatoms. The maximum absolute atomic E-state index is 13.4. The molecule has 146 valence electrons. The summed E-state index contributed by atoms with van der Waals surface area (Å²) in [5, 5.41) is 3.19. The molecule has 0 aliphatic carbocycles. The number of ether oxygens (including phenoxy) is 1. The average Bonchev–Trinajstić information content (AvgIpc) is 3.15. The number of fused-ring (bicyclic) bond motifs is 1. The molecule has 0 fully saturated rings. The topological polar surface area (TPSA) is 69.4 Å². The Labute approximate surface area is 169 Å². The third-order valence-electron chi connectivity index (χ3n) is 4.36. The van der Waals surface area contributed by atoms with Crippen molar-refractivity contribution in [3.8, 4) is 16.3 Å². The highest BCUT2D eigenvalue weighted by Crippen LogP contribution is 2.26. The number of nitrogens with zero attached hydrogens (tertiary/aromatic N) is 1. The summed E-state index contributed by atoms with van der Waals surface area (Å²) in [6.45, 7) is 1.95. The maximum Gasteiger partial charge on any atom is 0.336 e. The first-order valence-corrected chi connectivity index (χ1v) is 9.87. The molecular weight excluding hydrogens is 393 g/mol. The number of aromatic nitrogens is 1. The fourth-order valence-corrected chi connectivity index (χ4v) is 3.84.